The minimum Gasteiger partial charge on any atom is -0.469 e. The highest BCUT2D eigenvalue weighted by Crippen LogP contribution is 2.24. The molecule has 4 nitrogen and oxygen atoms in total. The molecule has 0 radical (unpaired) electrons. The van der Waals surface area contributed by atoms with Crippen molar-refractivity contribution in [3.8, 4) is 0 Å². The Hall–Kier alpha value is -0.610. The van der Waals surface area contributed by atoms with Gasteiger partial charge in [0.05, 0.1) is 13.5 Å². The Balaban J connectivity index is 1.74. The van der Waals surface area contributed by atoms with Gasteiger partial charge in [0.15, 0.2) is 0 Å². The number of hydrogen-bond acceptors (Lipinski definition) is 4. The summed E-state index contributed by atoms with van der Waals surface area (Å²) >= 11 is 0. The number of carbonyl (C=O) groups excluding carboxylic acids is 1. The molecule has 0 aliphatic carbocycles. The van der Waals surface area contributed by atoms with E-state index in [1.54, 1.807) is 0 Å². The van der Waals surface area contributed by atoms with Gasteiger partial charge in [0.25, 0.3) is 0 Å². The molecule has 1 N–H and O–H groups in total. The Labute approximate surface area is 91.0 Å². The molecule has 0 aromatic heterocycles. The van der Waals surface area contributed by atoms with Crippen molar-refractivity contribution in [2.24, 2.45) is 5.92 Å². The number of methoxy groups -OCH3 is 1. The number of hydrogen-bond donors (Lipinski definition) is 1. The van der Waals surface area contributed by atoms with Crippen LogP contribution in [0.15, 0.2) is 0 Å². The largest absolute Gasteiger partial charge is 0.469 e. The highest BCUT2D eigenvalue weighted by molar-refractivity contribution is 5.69. The molecule has 86 valence electrons. The maximum atomic E-state index is 11.0. The van der Waals surface area contributed by atoms with Gasteiger partial charge >= 0.3 is 5.97 Å². The number of ether oxygens (including phenoxy) is 1. The quantitative estimate of drug-likeness (QED) is 0.680. The molecule has 2 heterocycles. The van der Waals surface area contributed by atoms with Crippen LogP contribution in [0, 0.1) is 5.92 Å². The second-order valence-electron chi connectivity index (χ2n) is 4.55. The zero-order valence-electron chi connectivity index (χ0n) is 9.37. The number of rotatable bonds is 3. The number of likely N-dealkylation sites (tertiary alicyclic amines) is 1. The Morgan fingerprint density at radius 1 is 1.53 bits per heavy atom. The average Bonchev–Trinajstić information content (AvgIpc) is 2.68. The molecular formula is C11H20N2O2. The second kappa shape index (κ2) is 4.94. The molecule has 2 saturated heterocycles. The van der Waals surface area contributed by atoms with Crippen LogP contribution in [0.1, 0.15) is 19.3 Å². The summed E-state index contributed by atoms with van der Waals surface area (Å²) in [5.41, 5.74) is 0. The van der Waals surface area contributed by atoms with Crippen molar-refractivity contribution in [3.63, 3.8) is 0 Å². The van der Waals surface area contributed by atoms with E-state index >= 15 is 0 Å². The molecule has 2 aliphatic heterocycles. The molecule has 2 aliphatic rings. The van der Waals surface area contributed by atoms with Crippen molar-refractivity contribution < 1.29 is 9.53 Å². The first kappa shape index (κ1) is 10.9. The van der Waals surface area contributed by atoms with Crippen LogP contribution in [-0.2, 0) is 9.53 Å². The van der Waals surface area contributed by atoms with Gasteiger partial charge in [-0.1, -0.05) is 0 Å². The third kappa shape index (κ3) is 2.69. The van der Waals surface area contributed by atoms with Crippen LogP contribution in [0.25, 0.3) is 0 Å². The molecule has 4 heteroatoms. The van der Waals surface area contributed by atoms with Crippen LogP contribution in [-0.4, -0.2) is 50.2 Å². The standard InChI is InChI=1S/C11H20N2O2/c1-15-11(14)4-6-13-7-9-3-2-5-12-10(9)8-13/h9-10,12H,2-8H2,1H3. The normalized spacial score (nSPS) is 31.3. The minimum atomic E-state index is -0.0992. The van der Waals surface area contributed by atoms with Crippen molar-refractivity contribution in [3.05, 3.63) is 0 Å². The van der Waals surface area contributed by atoms with E-state index in [0.29, 0.717) is 12.5 Å². The fourth-order valence-corrected chi connectivity index (χ4v) is 2.67. The fraction of sp³-hybridized carbons (Fsp3) is 0.909. The molecule has 0 amide bonds. The molecule has 0 spiro atoms. The van der Waals surface area contributed by atoms with E-state index in [1.165, 1.54) is 20.0 Å². The van der Waals surface area contributed by atoms with E-state index in [0.717, 1.165) is 32.1 Å². The van der Waals surface area contributed by atoms with Crippen molar-refractivity contribution in [2.45, 2.75) is 25.3 Å². The Morgan fingerprint density at radius 2 is 2.40 bits per heavy atom. The first-order valence-electron chi connectivity index (χ1n) is 5.82. The summed E-state index contributed by atoms with van der Waals surface area (Å²) in [5, 5.41) is 3.55. The van der Waals surface area contributed by atoms with Gasteiger partial charge in [0.1, 0.15) is 0 Å². The van der Waals surface area contributed by atoms with E-state index in [9.17, 15) is 4.79 Å². The fourth-order valence-electron chi connectivity index (χ4n) is 2.67. The minimum absolute atomic E-state index is 0.0992. The monoisotopic (exact) mass is 212 g/mol. The van der Waals surface area contributed by atoms with Crippen molar-refractivity contribution in [2.75, 3.05) is 33.3 Å². The predicted octanol–water partition coefficient (Wildman–Crippen LogP) is 0.233. The molecule has 0 aromatic rings. The molecule has 0 aromatic carbocycles. The zero-order valence-corrected chi connectivity index (χ0v) is 9.37. The van der Waals surface area contributed by atoms with Crippen LogP contribution in [0.2, 0.25) is 0 Å². The molecular weight excluding hydrogens is 192 g/mol. The lowest BCUT2D eigenvalue weighted by molar-refractivity contribution is -0.140. The molecule has 2 atom stereocenters. The lowest BCUT2D eigenvalue weighted by Crippen LogP contribution is -2.40. The average molecular weight is 212 g/mol. The topological polar surface area (TPSA) is 41.6 Å². The van der Waals surface area contributed by atoms with Gasteiger partial charge in [0, 0.05) is 25.7 Å². The summed E-state index contributed by atoms with van der Waals surface area (Å²) in [6.07, 6.45) is 3.16. The lowest BCUT2D eigenvalue weighted by Gasteiger charge is -2.24. The smallest absolute Gasteiger partial charge is 0.306 e. The maximum Gasteiger partial charge on any atom is 0.306 e. The van der Waals surface area contributed by atoms with Gasteiger partial charge in [-0.25, -0.2) is 0 Å². The number of nitrogens with zero attached hydrogens (tertiary/aromatic N) is 1. The second-order valence-corrected chi connectivity index (χ2v) is 4.55. The first-order chi connectivity index (χ1) is 7.29. The van der Waals surface area contributed by atoms with E-state index in [1.807, 2.05) is 0 Å². The van der Waals surface area contributed by atoms with Crippen molar-refractivity contribution in [1.29, 1.82) is 0 Å². The number of carbonyl (C=O) groups is 1. The van der Waals surface area contributed by atoms with E-state index in [4.69, 9.17) is 0 Å². The number of piperidine rings is 1. The summed E-state index contributed by atoms with van der Waals surface area (Å²) in [6.45, 7) is 4.25. The van der Waals surface area contributed by atoms with Crippen LogP contribution >= 0.6 is 0 Å². The van der Waals surface area contributed by atoms with Crippen molar-refractivity contribution in [1.82, 2.24) is 10.2 Å². The molecule has 15 heavy (non-hydrogen) atoms. The number of fused-ring (bicyclic) bond motifs is 1. The van der Waals surface area contributed by atoms with E-state index in [-0.39, 0.29) is 5.97 Å². The third-order valence-electron chi connectivity index (χ3n) is 3.53. The Morgan fingerprint density at radius 3 is 3.13 bits per heavy atom. The van der Waals surface area contributed by atoms with E-state index in [2.05, 4.69) is 15.0 Å². The maximum absolute atomic E-state index is 11.0. The Kier molecular flexibility index (Phi) is 3.59. The Bertz CT molecular complexity index is 219. The summed E-state index contributed by atoms with van der Waals surface area (Å²) in [5.74, 6) is 0.703. The van der Waals surface area contributed by atoms with Gasteiger partial charge in [-0.2, -0.15) is 0 Å². The molecule has 0 saturated carbocycles. The summed E-state index contributed by atoms with van der Waals surface area (Å²) in [6, 6.07) is 0.663. The van der Waals surface area contributed by atoms with Gasteiger partial charge in [-0.15, -0.1) is 0 Å². The first-order valence-corrected chi connectivity index (χ1v) is 5.82. The molecule has 2 fully saturated rings. The van der Waals surface area contributed by atoms with Crippen molar-refractivity contribution >= 4 is 5.97 Å². The predicted molar refractivity (Wildman–Crippen MR) is 57.6 cm³/mol. The van der Waals surface area contributed by atoms with E-state index < -0.39 is 0 Å². The van der Waals surface area contributed by atoms with Crippen LogP contribution in [0.5, 0.6) is 0 Å². The number of nitrogens with one attached hydrogen (secondary N) is 1. The molecule has 2 rings (SSSR count). The van der Waals surface area contributed by atoms with Gasteiger partial charge in [-0.3, -0.25) is 4.79 Å². The number of esters is 1. The molecule has 2 unspecified atom stereocenters. The third-order valence-corrected chi connectivity index (χ3v) is 3.53. The summed E-state index contributed by atoms with van der Waals surface area (Å²) in [7, 11) is 1.45. The molecule has 0 bridgehead atoms. The zero-order chi connectivity index (χ0) is 10.7. The van der Waals surface area contributed by atoms with Crippen LogP contribution in [0.3, 0.4) is 0 Å². The van der Waals surface area contributed by atoms with Gasteiger partial charge in [0.2, 0.25) is 0 Å². The van der Waals surface area contributed by atoms with Crippen LogP contribution in [0.4, 0.5) is 0 Å². The highest BCUT2D eigenvalue weighted by Gasteiger charge is 2.33. The summed E-state index contributed by atoms with van der Waals surface area (Å²) < 4.78 is 4.65. The SMILES string of the molecule is COC(=O)CCN1CC2CCCNC2C1. The van der Waals surface area contributed by atoms with Crippen LogP contribution < -0.4 is 5.32 Å². The lowest BCUT2D eigenvalue weighted by atomic mass is 9.94. The van der Waals surface area contributed by atoms with Gasteiger partial charge in [-0.05, 0) is 25.3 Å². The highest BCUT2D eigenvalue weighted by atomic mass is 16.5. The van der Waals surface area contributed by atoms with Gasteiger partial charge < -0.3 is 15.0 Å². The summed E-state index contributed by atoms with van der Waals surface area (Å²) in [4.78, 5) is 13.4.